The van der Waals surface area contributed by atoms with Gasteiger partial charge in [-0.05, 0) is 24.1 Å². The van der Waals surface area contributed by atoms with Crippen LogP contribution in [0.1, 0.15) is 11.1 Å². The molecule has 0 spiro atoms. The molecule has 3 nitrogen and oxygen atoms in total. The molecule has 0 saturated carbocycles. The number of hydrogen-bond acceptors (Lipinski definition) is 2. The Labute approximate surface area is 86.9 Å². The zero-order valence-electron chi connectivity index (χ0n) is 7.70. The lowest BCUT2D eigenvalue weighted by Gasteiger charge is -2.06. The number of aliphatic hydroxyl groups excluding tert-OH is 1. The van der Waals surface area contributed by atoms with E-state index in [4.69, 9.17) is 21.8 Å². The van der Waals surface area contributed by atoms with Gasteiger partial charge >= 0.3 is 5.97 Å². The van der Waals surface area contributed by atoms with Crippen molar-refractivity contribution in [3.8, 4) is 0 Å². The van der Waals surface area contributed by atoms with E-state index in [1.807, 2.05) is 6.92 Å². The second kappa shape index (κ2) is 4.44. The average molecular weight is 215 g/mol. The van der Waals surface area contributed by atoms with Crippen LogP contribution in [-0.2, 0) is 11.2 Å². The molecule has 0 aliphatic heterocycles. The summed E-state index contributed by atoms with van der Waals surface area (Å²) >= 11 is 5.85. The second-order valence-electron chi connectivity index (χ2n) is 3.14. The van der Waals surface area contributed by atoms with Crippen molar-refractivity contribution in [1.29, 1.82) is 0 Å². The van der Waals surface area contributed by atoms with Crippen LogP contribution in [-0.4, -0.2) is 22.3 Å². The molecule has 0 aromatic heterocycles. The molecule has 4 heteroatoms. The molecule has 14 heavy (non-hydrogen) atoms. The highest BCUT2D eigenvalue weighted by molar-refractivity contribution is 6.31. The van der Waals surface area contributed by atoms with Gasteiger partial charge in [-0.2, -0.15) is 0 Å². The highest BCUT2D eigenvalue weighted by Gasteiger charge is 2.13. The number of aliphatic hydroxyl groups is 1. The zero-order valence-corrected chi connectivity index (χ0v) is 8.45. The van der Waals surface area contributed by atoms with E-state index in [1.54, 1.807) is 18.2 Å². The van der Waals surface area contributed by atoms with Gasteiger partial charge in [0.15, 0.2) is 6.10 Å². The van der Waals surface area contributed by atoms with Gasteiger partial charge in [-0.25, -0.2) is 4.79 Å². The number of benzene rings is 1. The smallest absolute Gasteiger partial charge is 0.332 e. The first-order chi connectivity index (χ1) is 6.50. The highest BCUT2D eigenvalue weighted by Crippen LogP contribution is 2.17. The Hall–Kier alpha value is -1.06. The number of carboxylic acid groups (broad SMARTS) is 1. The Kier molecular flexibility index (Phi) is 3.49. The second-order valence-corrected chi connectivity index (χ2v) is 3.55. The lowest BCUT2D eigenvalue weighted by Crippen LogP contribution is -2.21. The fourth-order valence-corrected chi connectivity index (χ4v) is 1.28. The Morgan fingerprint density at radius 2 is 2.21 bits per heavy atom. The molecule has 0 radical (unpaired) electrons. The van der Waals surface area contributed by atoms with Crippen molar-refractivity contribution < 1.29 is 15.0 Å². The van der Waals surface area contributed by atoms with E-state index in [9.17, 15) is 4.79 Å². The van der Waals surface area contributed by atoms with Crippen molar-refractivity contribution >= 4 is 17.6 Å². The molecular weight excluding hydrogens is 204 g/mol. The molecule has 1 aromatic rings. The highest BCUT2D eigenvalue weighted by atomic mass is 35.5. The summed E-state index contributed by atoms with van der Waals surface area (Å²) in [7, 11) is 0. The van der Waals surface area contributed by atoms with E-state index in [2.05, 4.69) is 0 Å². The first-order valence-corrected chi connectivity index (χ1v) is 4.54. The third-order valence-corrected chi connectivity index (χ3v) is 2.36. The predicted octanol–water partition coefficient (Wildman–Crippen LogP) is 1.64. The summed E-state index contributed by atoms with van der Waals surface area (Å²) in [5, 5.41) is 18.2. The molecule has 2 N–H and O–H groups in total. The lowest BCUT2D eigenvalue weighted by molar-refractivity contribution is -0.146. The van der Waals surface area contributed by atoms with Crippen LogP contribution < -0.4 is 0 Å². The van der Waals surface area contributed by atoms with Gasteiger partial charge in [0, 0.05) is 11.4 Å². The van der Waals surface area contributed by atoms with Crippen molar-refractivity contribution in [3.05, 3.63) is 34.3 Å². The Morgan fingerprint density at radius 1 is 1.57 bits per heavy atom. The summed E-state index contributed by atoms with van der Waals surface area (Å²) in [6.45, 7) is 1.86. The monoisotopic (exact) mass is 214 g/mol. The minimum absolute atomic E-state index is 0.0787. The fourth-order valence-electron chi connectivity index (χ4n) is 1.07. The Morgan fingerprint density at radius 3 is 2.71 bits per heavy atom. The third-order valence-electron chi connectivity index (χ3n) is 1.95. The molecule has 0 fully saturated rings. The summed E-state index contributed by atoms with van der Waals surface area (Å²) in [5.41, 5.74) is 1.65. The molecule has 1 atom stereocenters. The van der Waals surface area contributed by atoms with Crippen LogP contribution in [0, 0.1) is 6.92 Å². The molecule has 1 unspecified atom stereocenters. The van der Waals surface area contributed by atoms with Crippen LogP contribution in [0.2, 0.25) is 5.02 Å². The van der Waals surface area contributed by atoms with Gasteiger partial charge in [0.1, 0.15) is 0 Å². The van der Waals surface area contributed by atoms with Crippen molar-refractivity contribution in [2.24, 2.45) is 0 Å². The molecule has 0 bridgehead atoms. The molecule has 0 aliphatic carbocycles. The number of hydrogen-bond donors (Lipinski definition) is 2. The predicted molar refractivity (Wildman–Crippen MR) is 53.5 cm³/mol. The summed E-state index contributed by atoms with van der Waals surface area (Å²) < 4.78 is 0. The fraction of sp³-hybridized carbons (Fsp3) is 0.300. The molecule has 1 rings (SSSR count). The largest absolute Gasteiger partial charge is 0.479 e. The van der Waals surface area contributed by atoms with Gasteiger partial charge in [0.2, 0.25) is 0 Å². The number of carboxylic acids is 1. The van der Waals surface area contributed by atoms with Crippen LogP contribution in [0.4, 0.5) is 0 Å². The summed E-state index contributed by atoms with van der Waals surface area (Å²) in [4.78, 5) is 10.4. The zero-order chi connectivity index (χ0) is 10.7. The summed E-state index contributed by atoms with van der Waals surface area (Å²) in [5.74, 6) is -1.22. The molecular formula is C10H11ClO3. The van der Waals surface area contributed by atoms with Crippen molar-refractivity contribution in [3.63, 3.8) is 0 Å². The maximum atomic E-state index is 10.4. The first-order valence-electron chi connectivity index (χ1n) is 4.16. The Bertz CT molecular complexity index is 349. The van der Waals surface area contributed by atoms with Crippen molar-refractivity contribution in [1.82, 2.24) is 0 Å². The summed E-state index contributed by atoms with van der Waals surface area (Å²) in [6.07, 6.45) is -1.29. The van der Waals surface area contributed by atoms with Gasteiger partial charge in [-0.15, -0.1) is 0 Å². The number of aliphatic carboxylic acids is 1. The minimum Gasteiger partial charge on any atom is -0.479 e. The van der Waals surface area contributed by atoms with Crippen LogP contribution in [0.5, 0.6) is 0 Å². The van der Waals surface area contributed by atoms with Crippen LogP contribution >= 0.6 is 11.6 Å². The van der Waals surface area contributed by atoms with Crippen molar-refractivity contribution in [2.75, 3.05) is 0 Å². The lowest BCUT2D eigenvalue weighted by atomic mass is 10.1. The van der Waals surface area contributed by atoms with E-state index >= 15 is 0 Å². The Balaban J connectivity index is 2.78. The number of carbonyl (C=O) groups is 1. The molecule has 0 aliphatic rings. The quantitative estimate of drug-likeness (QED) is 0.804. The minimum atomic E-state index is -1.37. The third kappa shape index (κ3) is 2.72. The number of aryl methyl sites for hydroxylation is 1. The van der Waals surface area contributed by atoms with Crippen LogP contribution in [0.25, 0.3) is 0 Å². The van der Waals surface area contributed by atoms with Gasteiger partial charge in [0.25, 0.3) is 0 Å². The van der Waals surface area contributed by atoms with Gasteiger partial charge in [-0.3, -0.25) is 0 Å². The standard InChI is InChI=1S/C10H11ClO3/c1-6-2-3-7(4-8(6)11)5-9(12)10(13)14/h2-4,9,12H,5H2,1H3,(H,13,14). The van der Waals surface area contributed by atoms with E-state index in [0.29, 0.717) is 5.02 Å². The van der Waals surface area contributed by atoms with Gasteiger partial charge in [-0.1, -0.05) is 23.7 Å². The SMILES string of the molecule is Cc1ccc(CC(O)C(=O)O)cc1Cl. The molecule has 1 aromatic carbocycles. The number of rotatable bonds is 3. The molecule has 0 heterocycles. The van der Waals surface area contributed by atoms with Crippen molar-refractivity contribution in [2.45, 2.75) is 19.4 Å². The maximum absolute atomic E-state index is 10.4. The van der Waals surface area contributed by atoms with Gasteiger partial charge in [0.05, 0.1) is 0 Å². The molecule has 76 valence electrons. The van der Waals surface area contributed by atoms with Crippen LogP contribution in [0.3, 0.4) is 0 Å². The molecule has 0 saturated heterocycles. The molecule has 0 amide bonds. The first kappa shape index (κ1) is 11.0. The number of halogens is 1. The topological polar surface area (TPSA) is 57.5 Å². The van der Waals surface area contributed by atoms with Gasteiger partial charge < -0.3 is 10.2 Å². The normalized spacial score (nSPS) is 12.5. The maximum Gasteiger partial charge on any atom is 0.332 e. The van der Waals surface area contributed by atoms with E-state index in [1.165, 1.54) is 0 Å². The van der Waals surface area contributed by atoms with E-state index in [-0.39, 0.29) is 6.42 Å². The van der Waals surface area contributed by atoms with Crippen LogP contribution in [0.15, 0.2) is 18.2 Å². The van der Waals surface area contributed by atoms with E-state index < -0.39 is 12.1 Å². The average Bonchev–Trinajstić information content (AvgIpc) is 2.11. The van der Waals surface area contributed by atoms with E-state index in [0.717, 1.165) is 11.1 Å². The summed E-state index contributed by atoms with van der Waals surface area (Å²) in [6, 6.07) is 5.22.